The van der Waals surface area contributed by atoms with E-state index in [0.717, 1.165) is 25.7 Å². The van der Waals surface area contributed by atoms with E-state index in [-0.39, 0.29) is 24.4 Å². The van der Waals surface area contributed by atoms with Crippen molar-refractivity contribution in [2.75, 3.05) is 17.2 Å². The molecule has 2 aromatic rings. The van der Waals surface area contributed by atoms with Crippen molar-refractivity contribution in [2.45, 2.75) is 46.1 Å². The Balaban J connectivity index is 1.60. The highest BCUT2D eigenvalue weighted by Gasteiger charge is 2.22. The van der Waals surface area contributed by atoms with Crippen molar-refractivity contribution in [1.29, 1.82) is 0 Å². The topological polar surface area (TPSA) is 100 Å². The summed E-state index contributed by atoms with van der Waals surface area (Å²) in [6.07, 6.45) is 4.12. The molecule has 0 saturated heterocycles. The smallest absolute Gasteiger partial charge is 0.322 e. The Bertz CT molecular complexity index is 798. The molecule has 0 spiro atoms. The minimum atomic E-state index is -0.271. The standard InChI is InChI=1S/C19H25N5O3/c1-3-24(12-17-20-13(2)23-27-17)19(26)22-16-10-6-9-15(11-16)21-18(25)14-7-4-5-8-14/h6,9-11,14H,3-5,7-8,12H2,1-2H3,(H,21,25)(H,22,26). The average Bonchev–Trinajstić information content (AvgIpc) is 3.31. The molecule has 2 N–H and O–H groups in total. The molecule has 0 aliphatic heterocycles. The molecule has 3 rings (SSSR count). The van der Waals surface area contributed by atoms with Crippen molar-refractivity contribution in [3.63, 3.8) is 0 Å². The average molecular weight is 371 g/mol. The van der Waals surface area contributed by atoms with Gasteiger partial charge in [0.05, 0.1) is 0 Å². The molecule has 27 heavy (non-hydrogen) atoms. The molecule has 144 valence electrons. The maximum Gasteiger partial charge on any atom is 0.322 e. The monoisotopic (exact) mass is 371 g/mol. The van der Waals surface area contributed by atoms with Crippen molar-refractivity contribution >= 4 is 23.3 Å². The number of rotatable bonds is 6. The lowest BCUT2D eigenvalue weighted by Crippen LogP contribution is -2.34. The molecule has 8 heteroatoms. The highest BCUT2D eigenvalue weighted by Crippen LogP contribution is 2.26. The Morgan fingerprint density at radius 2 is 1.93 bits per heavy atom. The van der Waals surface area contributed by atoms with E-state index in [0.29, 0.717) is 29.6 Å². The van der Waals surface area contributed by atoms with Crippen LogP contribution in [0.4, 0.5) is 16.2 Å². The van der Waals surface area contributed by atoms with Gasteiger partial charge in [0.15, 0.2) is 5.82 Å². The van der Waals surface area contributed by atoms with Gasteiger partial charge in [0, 0.05) is 23.8 Å². The van der Waals surface area contributed by atoms with E-state index in [1.165, 1.54) is 0 Å². The van der Waals surface area contributed by atoms with E-state index in [2.05, 4.69) is 20.8 Å². The summed E-state index contributed by atoms with van der Waals surface area (Å²) in [5.74, 6) is 1.07. The first-order valence-electron chi connectivity index (χ1n) is 9.31. The van der Waals surface area contributed by atoms with Crippen LogP contribution in [0.15, 0.2) is 28.8 Å². The summed E-state index contributed by atoms with van der Waals surface area (Å²) in [4.78, 5) is 30.5. The molecule has 0 bridgehead atoms. The van der Waals surface area contributed by atoms with Crippen molar-refractivity contribution < 1.29 is 14.1 Å². The number of urea groups is 1. The van der Waals surface area contributed by atoms with Gasteiger partial charge in [-0.25, -0.2) is 4.79 Å². The number of amides is 3. The zero-order valence-corrected chi connectivity index (χ0v) is 15.7. The van der Waals surface area contributed by atoms with Gasteiger partial charge in [0.25, 0.3) is 0 Å². The second-order valence-electron chi connectivity index (χ2n) is 6.73. The zero-order chi connectivity index (χ0) is 19.2. The largest absolute Gasteiger partial charge is 0.337 e. The molecule has 3 amide bonds. The molecule has 8 nitrogen and oxygen atoms in total. The van der Waals surface area contributed by atoms with Crippen LogP contribution in [0.5, 0.6) is 0 Å². The third-order valence-electron chi connectivity index (χ3n) is 4.67. The quantitative estimate of drug-likeness (QED) is 0.808. The SMILES string of the molecule is CCN(Cc1nc(C)no1)C(=O)Nc1cccc(NC(=O)C2CCCC2)c1. The number of aryl methyl sites for hydroxylation is 1. The van der Waals surface area contributed by atoms with Gasteiger partial charge in [-0.15, -0.1) is 0 Å². The third-order valence-corrected chi connectivity index (χ3v) is 4.67. The van der Waals surface area contributed by atoms with Crippen LogP contribution >= 0.6 is 0 Å². The van der Waals surface area contributed by atoms with Gasteiger partial charge >= 0.3 is 6.03 Å². The van der Waals surface area contributed by atoms with E-state index in [1.54, 1.807) is 30.0 Å². The molecular weight excluding hydrogens is 346 g/mol. The van der Waals surface area contributed by atoms with Crippen LogP contribution in [0.1, 0.15) is 44.3 Å². The van der Waals surface area contributed by atoms with Crippen LogP contribution in [-0.2, 0) is 11.3 Å². The highest BCUT2D eigenvalue weighted by atomic mass is 16.5. The van der Waals surface area contributed by atoms with Crippen molar-refractivity contribution in [2.24, 2.45) is 5.92 Å². The van der Waals surface area contributed by atoms with Gasteiger partial charge in [0.2, 0.25) is 11.8 Å². The Labute approximate surface area is 158 Å². The van der Waals surface area contributed by atoms with Crippen LogP contribution in [0, 0.1) is 12.8 Å². The number of benzene rings is 1. The highest BCUT2D eigenvalue weighted by molar-refractivity contribution is 5.94. The minimum Gasteiger partial charge on any atom is -0.337 e. The molecular formula is C19H25N5O3. The van der Waals surface area contributed by atoms with Gasteiger partial charge in [-0.3, -0.25) is 4.79 Å². The fourth-order valence-electron chi connectivity index (χ4n) is 3.20. The summed E-state index contributed by atoms with van der Waals surface area (Å²) in [5, 5.41) is 9.53. The minimum absolute atomic E-state index is 0.0536. The fraction of sp³-hybridized carbons (Fsp3) is 0.474. The maximum atomic E-state index is 12.5. The molecule has 1 aromatic heterocycles. The third kappa shape index (κ3) is 5.06. The fourth-order valence-corrected chi connectivity index (χ4v) is 3.20. The number of aromatic nitrogens is 2. The summed E-state index contributed by atoms with van der Waals surface area (Å²) >= 11 is 0. The van der Waals surface area contributed by atoms with Gasteiger partial charge in [-0.05, 0) is 44.9 Å². The molecule has 1 saturated carbocycles. The van der Waals surface area contributed by atoms with Crippen molar-refractivity contribution in [1.82, 2.24) is 15.0 Å². The maximum absolute atomic E-state index is 12.5. The lowest BCUT2D eigenvalue weighted by molar-refractivity contribution is -0.119. The molecule has 0 atom stereocenters. The van der Waals surface area contributed by atoms with Crippen LogP contribution < -0.4 is 10.6 Å². The van der Waals surface area contributed by atoms with Crippen molar-refractivity contribution in [3.05, 3.63) is 36.0 Å². The second kappa shape index (κ2) is 8.66. The summed E-state index contributed by atoms with van der Waals surface area (Å²) in [6, 6.07) is 6.90. The molecule has 0 radical (unpaired) electrons. The Hall–Kier alpha value is -2.90. The lowest BCUT2D eigenvalue weighted by atomic mass is 10.1. The summed E-state index contributed by atoms with van der Waals surface area (Å²) in [5.41, 5.74) is 1.30. The van der Waals surface area contributed by atoms with Crippen LogP contribution in [0.2, 0.25) is 0 Å². The van der Waals surface area contributed by atoms with Gasteiger partial charge in [0.1, 0.15) is 6.54 Å². The lowest BCUT2D eigenvalue weighted by Gasteiger charge is -2.19. The first kappa shape index (κ1) is 18.9. The van der Waals surface area contributed by atoms with E-state index in [4.69, 9.17) is 4.52 Å². The van der Waals surface area contributed by atoms with E-state index >= 15 is 0 Å². The van der Waals surface area contributed by atoms with E-state index in [9.17, 15) is 9.59 Å². The molecule has 0 unspecified atom stereocenters. The molecule has 1 aromatic carbocycles. The summed E-state index contributed by atoms with van der Waals surface area (Å²) in [6.45, 7) is 4.34. The van der Waals surface area contributed by atoms with Gasteiger partial charge in [-0.2, -0.15) is 4.98 Å². The van der Waals surface area contributed by atoms with Crippen LogP contribution in [0.3, 0.4) is 0 Å². The Kier molecular flexibility index (Phi) is 6.05. The Morgan fingerprint density at radius 3 is 2.56 bits per heavy atom. The molecule has 1 aliphatic carbocycles. The normalized spacial score (nSPS) is 14.1. The zero-order valence-electron chi connectivity index (χ0n) is 15.7. The van der Waals surface area contributed by atoms with Gasteiger partial charge < -0.3 is 20.1 Å². The number of carbonyl (C=O) groups is 2. The van der Waals surface area contributed by atoms with Gasteiger partial charge in [-0.1, -0.05) is 24.1 Å². The molecule has 1 heterocycles. The first-order valence-corrected chi connectivity index (χ1v) is 9.31. The van der Waals surface area contributed by atoms with E-state index in [1.807, 2.05) is 13.0 Å². The van der Waals surface area contributed by atoms with Crippen LogP contribution in [-0.4, -0.2) is 33.5 Å². The predicted molar refractivity (Wildman–Crippen MR) is 101 cm³/mol. The number of hydrogen-bond acceptors (Lipinski definition) is 5. The first-order chi connectivity index (χ1) is 13.0. The summed E-state index contributed by atoms with van der Waals surface area (Å²) in [7, 11) is 0. The number of hydrogen-bond donors (Lipinski definition) is 2. The number of nitrogens with zero attached hydrogens (tertiary/aromatic N) is 3. The molecule has 1 fully saturated rings. The number of carbonyl (C=O) groups excluding carboxylic acids is 2. The van der Waals surface area contributed by atoms with Crippen LogP contribution in [0.25, 0.3) is 0 Å². The van der Waals surface area contributed by atoms with Crippen molar-refractivity contribution in [3.8, 4) is 0 Å². The number of anilines is 2. The van der Waals surface area contributed by atoms with E-state index < -0.39 is 0 Å². The predicted octanol–water partition coefficient (Wildman–Crippen LogP) is 3.56. The molecule has 1 aliphatic rings. The summed E-state index contributed by atoms with van der Waals surface area (Å²) < 4.78 is 5.08. The number of nitrogens with one attached hydrogen (secondary N) is 2. The second-order valence-corrected chi connectivity index (χ2v) is 6.73. The Morgan fingerprint density at radius 1 is 1.22 bits per heavy atom.